The number of rotatable bonds is 2. The van der Waals surface area contributed by atoms with Crippen molar-refractivity contribution >= 4 is 33.5 Å². The zero-order valence-electron chi connectivity index (χ0n) is 7.18. The lowest BCUT2D eigenvalue weighted by Crippen LogP contribution is -2.07. The average Bonchev–Trinajstić information content (AvgIpc) is 2.11. The smallest absolute Gasteiger partial charge is 0.340 e. The van der Waals surface area contributed by atoms with E-state index in [4.69, 9.17) is 11.6 Å². The van der Waals surface area contributed by atoms with E-state index in [1.807, 2.05) is 0 Å². The first kappa shape index (κ1) is 11.4. The number of esters is 1. The molecule has 0 atom stereocenters. The zero-order chi connectivity index (χ0) is 10.7. The molecule has 0 N–H and O–H groups in total. The Morgan fingerprint density at radius 1 is 1.79 bits per heavy atom. The van der Waals surface area contributed by atoms with Gasteiger partial charge in [-0.15, -0.1) is 0 Å². The van der Waals surface area contributed by atoms with Gasteiger partial charge < -0.3 is 4.74 Å². The van der Waals surface area contributed by atoms with E-state index < -0.39 is 11.8 Å². The molecule has 0 unspecified atom stereocenters. The van der Waals surface area contributed by atoms with Crippen LogP contribution in [-0.4, -0.2) is 17.6 Å². The van der Waals surface area contributed by atoms with Gasteiger partial charge in [0.2, 0.25) is 0 Å². The van der Waals surface area contributed by atoms with E-state index in [0.717, 1.165) is 6.07 Å². The Balaban J connectivity index is 3.09. The van der Waals surface area contributed by atoms with Crippen LogP contribution < -0.4 is 0 Å². The predicted molar refractivity (Wildman–Crippen MR) is 52.9 cm³/mol. The number of carbonyl (C=O) groups is 1. The first-order valence-electron chi connectivity index (χ1n) is 3.75. The van der Waals surface area contributed by atoms with Gasteiger partial charge in [0.25, 0.3) is 0 Å². The SMILES string of the molecule is CCOC(=O)c1cc(F)c(Cl)nc1Br. The molecule has 0 radical (unpaired) electrons. The molecular weight excluding hydrogens is 276 g/mol. The van der Waals surface area contributed by atoms with Crippen LogP contribution in [0.3, 0.4) is 0 Å². The average molecular weight is 282 g/mol. The molecule has 0 saturated heterocycles. The van der Waals surface area contributed by atoms with Crippen LogP contribution in [0.1, 0.15) is 17.3 Å². The summed E-state index contributed by atoms with van der Waals surface area (Å²) in [5.41, 5.74) is 0.0220. The molecule has 0 fully saturated rings. The molecule has 0 spiro atoms. The second-order valence-electron chi connectivity index (χ2n) is 2.32. The molecule has 0 aromatic carbocycles. The number of ether oxygens (including phenoxy) is 1. The van der Waals surface area contributed by atoms with E-state index in [0.29, 0.717) is 0 Å². The molecule has 76 valence electrons. The Kier molecular flexibility index (Phi) is 3.83. The van der Waals surface area contributed by atoms with Gasteiger partial charge in [-0.2, -0.15) is 0 Å². The minimum atomic E-state index is -0.752. The van der Waals surface area contributed by atoms with Crippen LogP contribution in [0.15, 0.2) is 10.7 Å². The van der Waals surface area contributed by atoms with Crippen LogP contribution in [0.2, 0.25) is 5.15 Å². The number of pyridine rings is 1. The summed E-state index contributed by atoms with van der Waals surface area (Å²) in [6, 6.07) is 0.984. The van der Waals surface area contributed by atoms with E-state index >= 15 is 0 Å². The van der Waals surface area contributed by atoms with E-state index in [-0.39, 0.29) is 21.9 Å². The van der Waals surface area contributed by atoms with Gasteiger partial charge in [-0.3, -0.25) is 0 Å². The van der Waals surface area contributed by atoms with Crippen LogP contribution in [-0.2, 0) is 4.74 Å². The van der Waals surface area contributed by atoms with Crippen molar-refractivity contribution in [3.8, 4) is 0 Å². The molecule has 1 rings (SSSR count). The third-order valence-corrected chi connectivity index (χ3v) is 2.25. The first-order chi connectivity index (χ1) is 6.56. The van der Waals surface area contributed by atoms with Gasteiger partial charge in [-0.05, 0) is 28.9 Å². The molecule has 0 aliphatic rings. The molecule has 0 saturated carbocycles. The quantitative estimate of drug-likeness (QED) is 0.618. The minimum Gasteiger partial charge on any atom is -0.462 e. The molecule has 3 nitrogen and oxygen atoms in total. The van der Waals surface area contributed by atoms with Crippen LogP contribution >= 0.6 is 27.5 Å². The number of carbonyl (C=O) groups excluding carboxylic acids is 1. The van der Waals surface area contributed by atoms with Crippen molar-refractivity contribution in [1.29, 1.82) is 0 Å². The highest BCUT2D eigenvalue weighted by molar-refractivity contribution is 9.10. The number of hydrogen-bond acceptors (Lipinski definition) is 3. The third kappa shape index (κ3) is 2.42. The van der Waals surface area contributed by atoms with Gasteiger partial charge in [0, 0.05) is 0 Å². The van der Waals surface area contributed by atoms with Crippen LogP contribution in [0, 0.1) is 5.82 Å². The second kappa shape index (κ2) is 4.70. The summed E-state index contributed by atoms with van der Waals surface area (Å²) < 4.78 is 17.8. The lowest BCUT2D eigenvalue weighted by molar-refractivity contribution is 0.0524. The lowest BCUT2D eigenvalue weighted by atomic mass is 10.3. The fourth-order valence-corrected chi connectivity index (χ4v) is 1.49. The van der Waals surface area contributed by atoms with Crippen molar-refractivity contribution in [2.24, 2.45) is 0 Å². The molecule has 1 aromatic rings. The summed E-state index contributed by atoms with van der Waals surface area (Å²) in [5.74, 6) is -1.39. The van der Waals surface area contributed by atoms with Gasteiger partial charge in [-0.1, -0.05) is 11.6 Å². The van der Waals surface area contributed by atoms with Crippen molar-refractivity contribution < 1.29 is 13.9 Å². The van der Waals surface area contributed by atoms with E-state index in [2.05, 4.69) is 25.7 Å². The summed E-state index contributed by atoms with van der Waals surface area (Å²) in [4.78, 5) is 14.8. The Morgan fingerprint density at radius 3 is 3.00 bits per heavy atom. The van der Waals surface area contributed by atoms with Crippen molar-refractivity contribution in [3.05, 3.63) is 27.2 Å². The lowest BCUT2D eigenvalue weighted by Gasteiger charge is -2.04. The monoisotopic (exact) mass is 281 g/mol. The summed E-state index contributed by atoms with van der Waals surface area (Å²) in [5, 5.41) is -0.287. The molecule has 1 heterocycles. The fourth-order valence-electron chi connectivity index (χ4n) is 0.798. The van der Waals surface area contributed by atoms with Gasteiger partial charge in [-0.25, -0.2) is 14.2 Å². The van der Waals surface area contributed by atoms with Crippen LogP contribution in [0.5, 0.6) is 0 Å². The number of hydrogen-bond donors (Lipinski definition) is 0. The molecule has 0 aliphatic heterocycles. The molecule has 0 amide bonds. The number of halogens is 3. The summed E-state index contributed by atoms with van der Waals surface area (Å²) >= 11 is 8.39. The van der Waals surface area contributed by atoms with Gasteiger partial charge in [0.05, 0.1) is 12.2 Å². The highest BCUT2D eigenvalue weighted by Gasteiger charge is 2.15. The Labute approximate surface area is 93.4 Å². The van der Waals surface area contributed by atoms with Gasteiger partial charge in [0.1, 0.15) is 4.60 Å². The zero-order valence-corrected chi connectivity index (χ0v) is 9.52. The standard InChI is InChI=1S/C8H6BrClFNO2/c1-2-14-8(13)4-3-5(11)7(10)12-6(4)9/h3H,2H2,1H3. The topological polar surface area (TPSA) is 39.2 Å². The molecule has 6 heteroatoms. The largest absolute Gasteiger partial charge is 0.462 e. The number of nitrogens with zero attached hydrogens (tertiary/aromatic N) is 1. The molecule has 14 heavy (non-hydrogen) atoms. The Morgan fingerprint density at radius 2 is 2.43 bits per heavy atom. The van der Waals surface area contributed by atoms with Crippen molar-refractivity contribution in [2.75, 3.05) is 6.61 Å². The predicted octanol–water partition coefficient (Wildman–Crippen LogP) is 2.81. The normalized spacial score (nSPS) is 10.0. The van der Waals surface area contributed by atoms with Crippen molar-refractivity contribution in [3.63, 3.8) is 0 Å². The highest BCUT2D eigenvalue weighted by atomic mass is 79.9. The van der Waals surface area contributed by atoms with Crippen LogP contribution in [0.4, 0.5) is 4.39 Å². The van der Waals surface area contributed by atoms with Gasteiger partial charge >= 0.3 is 5.97 Å². The maximum absolute atomic E-state index is 12.9. The minimum absolute atomic E-state index is 0.0220. The van der Waals surface area contributed by atoms with Crippen molar-refractivity contribution in [1.82, 2.24) is 4.98 Å². The van der Waals surface area contributed by atoms with Gasteiger partial charge in [0.15, 0.2) is 11.0 Å². The Bertz CT molecular complexity index is 373. The van der Waals surface area contributed by atoms with E-state index in [9.17, 15) is 9.18 Å². The highest BCUT2D eigenvalue weighted by Crippen LogP contribution is 2.21. The summed E-state index contributed by atoms with van der Waals surface area (Å²) in [6.07, 6.45) is 0. The van der Waals surface area contributed by atoms with E-state index in [1.165, 1.54) is 0 Å². The third-order valence-electron chi connectivity index (χ3n) is 1.38. The molecule has 0 bridgehead atoms. The fraction of sp³-hybridized carbons (Fsp3) is 0.250. The van der Waals surface area contributed by atoms with E-state index in [1.54, 1.807) is 6.92 Å². The van der Waals surface area contributed by atoms with Crippen molar-refractivity contribution in [2.45, 2.75) is 6.92 Å². The molecule has 1 aromatic heterocycles. The molecular formula is C8H6BrClFNO2. The maximum Gasteiger partial charge on any atom is 0.340 e. The molecule has 0 aliphatic carbocycles. The number of aromatic nitrogens is 1. The summed E-state index contributed by atoms with van der Waals surface area (Å²) in [7, 11) is 0. The summed E-state index contributed by atoms with van der Waals surface area (Å²) in [6.45, 7) is 1.88. The second-order valence-corrected chi connectivity index (χ2v) is 3.43. The maximum atomic E-state index is 12.9. The van der Waals surface area contributed by atoms with Crippen LogP contribution in [0.25, 0.3) is 0 Å². The Hall–Kier alpha value is -0.680. The first-order valence-corrected chi connectivity index (χ1v) is 4.92.